The second kappa shape index (κ2) is 8.24. The number of hydrogen-bond donors (Lipinski definition) is 1. The molecule has 1 atom stereocenters. The van der Waals surface area contributed by atoms with Gasteiger partial charge in [0.25, 0.3) is 0 Å². The standard InChI is InChI=1S/C23H28N2O2/c26-22(16-21-17-27-15-13-24-21)25-14-7-12-23(18-25,19-8-3-1-4-9-19)20-10-5-2-6-11-20/h1-6,8-11,21,24H,7,12-18H2/t21-/m0/s1. The van der Waals surface area contributed by atoms with Gasteiger partial charge in [-0.15, -0.1) is 0 Å². The summed E-state index contributed by atoms with van der Waals surface area (Å²) in [5.74, 6) is 0.230. The van der Waals surface area contributed by atoms with Gasteiger partial charge < -0.3 is 15.0 Å². The normalized spacial score (nSPS) is 22.4. The first-order valence-corrected chi connectivity index (χ1v) is 9.98. The molecule has 2 saturated heterocycles. The fraction of sp³-hybridized carbons (Fsp3) is 0.435. The maximum absolute atomic E-state index is 13.0. The molecular weight excluding hydrogens is 336 g/mol. The first-order valence-electron chi connectivity index (χ1n) is 9.98. The Morgan fingerprint density at radius 3 is 2.33 bits per heavy atom. The molecule has 0 bridgehead atoms. The van der Waals surface area contributed by atoms with Crippen LogP contribution in [-0.2, 0) is 14.9 Å². The van der Waals surface area contributed by atoms with Crippen molar-refractivity contribution in [2.45, 2.75) is 30.7 Å². The summed E-state index contributed by atoms with van der Waals surface area (Å²) in [5, 5.41) is 3.40. The number of benzene rings is 2. The molecule has 0 radical (unpaired) electrons. The number of carbonyl (C=O) groups is 1. The molecule has 1 amide bonds. The summed E-state index contributed by atoms with van der Waals surface area (Å²) in [5.41, 5.74) is 2.47. The summed E-state index contributed by atoms with van der Waals surface area (Å²) >= 11 is 0. The molecule has 2 aliphatic rings. The molecule has 2 aliphatic heterocycles. The zero-order valence-corrected chi connectivity index (χ0v) is 15.8. The van der Waals surface area contributed by atoms with Gasteiger partial charge in [-0.25, -0.2) is 0 Å². The third-order valence-corrected chi connectivity index (χ3v) is 5.92. The van der Waals surface area contributed by atoms with Crippen LogP contribution in [0.1, 0.15) is 30.4 Å². The summed E-state index contributed by atoms with van der Waals surface area (Å²) in [6, 6.07) is 21.5. The highest BCUT2D eigenvalue weighted by Gasteiger charge is 2.40. The minimum Gasteiger partial charge on any atom is -0.378 e. The van der Waals surface area contributed by atoms with E-state index in [1.165, 1.54) is 11.1 Å². The lowest BCUT2D eigenvalue weighted by Gasteiger charge is -2.44. The number of hydrogen-bond acceptors (Lipinski definition) is 3. The Morgan fingerprint density at radius 1 is 1.07 bits per heavy atom. The van der Waals surface area contributed by atoms with Crippen LogP contribution in [-0.4, -0.2) is 49.7 Å². The summed E-state index contributed by atoms with van der Waals surface area (Å²) in [6.07, 6.45) is 2.60. The number of morpholine rings is 1. The molecule has 27 heavy (non-hydrogen) atoms. The molecule has 4 nitrogen and oxygen atoms in total. The van der Waals surface area contributed by atoms with Crippen molar-refractivity contribution in [2.75, 3.05) is 32.8 Å². The van der Waals surface area contributed by atoms with E-state index in [1.54, 1.807) is 0 Å². The van der Waals surface area contributed by atoms with Crippen LogP contribution in [0.15, 0.2) is 60.7 Å². The number of piperidine rings is 1. The predicted molar refractivity (Wildman–Crippen MR) is 107 cm³/mol. The Bertz CT molecular complexity index is 702. The van der Waals surface area contributed by atoms with Gasteiger partial charge in [0.1, 0.15) is 0 Å². The average Bonchev–Trinajstić information content (AvgIpc) is 2.76. The zero-order chi connectivity index (χ0) is 18.5. The number of amides is 1. The van der Waals surface area contributed by atoms with Gasteiger partial charge >= 0.3 is 0 Å². The van der Waals surface area contributed by atoms with E-state index in [1.807, 2.05) is 0 Å². The Morgan fingerprint density at radius 2 is 1.74 bits per heavy atom. The Kier molecular flexibility index (Phi) is 5.55. The van der Waals surface area contributed by atoms with E-state index in [4.69, 9.17) is 4.74 Å². The Hall–Kier alpha value is -2.17. The van der Waals surface area contributed by atoms with Gasteiger partial charge in [-0.1, -0.05) is 60.7 Å². The molecule has 0 aliphatic carbocycles. The second-order valence-corrected chi connectivity index (χ2v) is 7.66. The summed E-state index contributed by atoms with van der Waals surface area (Å²) in [6.45, 7) is 3.78. The van der Waals surface area contributed by atoms with Crippen molar-refractivity contribution >= 4 is 5.91 Å². The highest BCUT2D eigenvalue weighted by atomic mass is 16.5. The lowest BCUT2D eigenvalue weighted by atomic mass is 9.69. The molecule has 2 aromatic carbocycles. The summed E-state index contributed by atoms with van der Waals surface area (Å²) < 4.78 is 5.52. The van der Waals surface area contributed by atoms with E-state index in [9.17, 15) is 4.79 Å². The molecule has 2 aromatic rings. The average molecular weight is 364 g/mol. The molecule has 142 valence electrons. The molecular formula is C23H28N2O2. The van der Waals surface area contributed by atoms with Crippen LogP contribution in [0.4, 0.5) is 0 Å². The largest absolute Gasteiger partial charge is 0.378 e. The maximum atomic E-state index is 13.0. The minimum absolute atomic E-state index is 0.132. The molecule has 0 spiro atoms. The van der Waals surface area contributed by atoms with E-state index < -0.39 is 0 Å². The van der Waals surface area contributed by atoms with Crippen molar-refractivity contribution in [3.05, 3.63) is 71.8 Å². The number of nitrogens with one attached hydrogen (secondary N) is 1. The lowest BCUT2D eigenvalue weighted by molar-refractivity contribution is -0.134. The maximum Gasteiger partial charge on any atom is 0.224 e. The molecule has 2 fully saturated rings. The molecule has 0 aromatic heterocycles. The highest BCUT2D eigenvalue weighted by molar-refractivity contribution is 5.77. The van der Waals surface area contributed by atoms with Gasteiger partial charge in [0, 0.05) is 37.5 Å². The van der Waals surface area contributed by atoms with E-state index in [-0.39, 0.29) is 17.4 Å². The van der Waals surface area contributed by atoms with Gasteiger partial charge in [0.2, 0.25) is 5.91 Å². The summed E-state index contributed by atoms with van der Waals surface area (Å²) in [4.78, 5) is 15.1. The van der Waals surface area contributed by atoms with Gasteiger partial charge in [0.15, 0.2) is 0 Å². The number of nitrogens with zero attached hydrogens (tertiary/aromatic N) is 1. The van der Waals surface area contributed by atoms with Crippen LogP contribution in [0, 0.1) is 0 Å². The predicted octanol–water partition coefficient (Wildman–Crippen LogP) is 2.97. The molecule has 1 N–H and O–H groups in total. The number of carbonyl (C=O) groups excluding carboxylic acids is 1. The first kappa shape index (κ1) is 18.2. The van der Waals surface area contributed by atoms with E-state index in [0.717, 1.165) is 39.1 Å². The van der Waals surface area contributed by atoms with E-state index in [2.05, 4.69) is 70.9 Å². The highest BCUT2D eigenvalue weighted by Crippen LogP contribution is 2.40. The van der Waals surface area contributed by atoms with Crippen LogP contribution in [0.2, 0.25) is 0 Å². The van der Waals surface area contributed by atoms with Crippen molar-refractivity contribution in [1.29, 1.82) is 0 Å². The smallest absolute Gasteiger partial charge is 0.224 e. The van der Waals surface area contributed by atoms with Crippen LogP contribution in [0.3, 0.4) is 0 Å². The minimum atomic E-state index is -0.132. The van der Waals surface area contributed by atoms with Crippen LogP contribution >= 0.6 is 0 Å². The van der Waals surface area contributed by atoms with Gasteiger partial charge in [-0.05, 0) is 24.0 Å². The van der Waals surface area contributed by atoms with Gasteiger partial charge in [-0.3, -0.25) is 4.79 Å². The fourth-order valence-electron chi connectivity index (χ4n) is 4.51. The van der Waals surface area contributed by atoms with Crippen molar-refractivity contribution < 1.29 is 9.53 Å². The van der Waals surface area contributed by atoms with E-state index >= 15 is 0 Å². The molecule has 0 saturated carbocycles. The van der Waals surface area contributed by atoms with Crippen molar-refractivity contribution in [1.82, 2.24) is 10.2 Å². The number of rotatable bonds is 4. The summed E-state index contributed by atoms with van der Waals surface area (Å²) in [7, 11) is 0. The third-order valence-electron chi connectivity index (χ3n) is 5.92. The second-order valence-electron chi connectivity index (χ2n) is 7.66. The first-order chi connectivity index (χ1) is 13.3. The van der Waals surface area contributed by atoms with Crippen LogP contribution < -0.4 is 5.32 Å². The van der Waals surface area contributed by atoms with Crippen LogP contribution in [0.25, 0.3) is 0 Å². The number of ether oxygens (including phenoxy) is 1. The lowest BCUT2D eigenvalue weighted by Crippen LogP contribution is -2.51. The molecule has 2 heterocycles. The number of likely N-dealkylation sites (tertiary alicyclic amines) is 1. The van der Waals surface area contributed by atoms with Crippen molar-refractivity contribution in [3.63, 3.8) is 0 Å². The topological polar surface area (TPSA) is 41.6 Å². The van der Waals surface area contributed by atoms with Crippen molar-refractivity contribution in [3.8, 4) is 0 Å². The fourth-order valence-corrected chi connectivity index (χ4v) is 4.51. The van der Waals surface area contributed by atoms with Gasteiger partial charge in [0.05, 0.1) is 13.2 Å². The molecule has 0 unspecified atom stereocenters. The SMILES string of the molecule is O=C(C[C@H]1COCCN1)N1CCCC(c2ccccc2)(c2ccccc2)C1. The molecule has 4 rings (SSSR count). The Balaban J connectivity index is 1.59. The monoisotopic (exact) mass is 364 g/mol. The zero-order valence-electron chi connectivity index (χ0n) is 15.8. The third kappa shape index (κ3) is 3.92. The van der Waals surface area contributed by atoms with Crippen molar-refractivity contribution in [2.24, 2.45) is 0 Å². The molecule has 4 heteroatoms. The Labute approximate surface area is 161 Å². The van der Waals surface area contributed by atoms with Crippen LogP contribution in [0.5, 0.6) is 0 Å². The van der Waals surface area contributed by atoms with Gasteiger partial charge in [-0.2, -0.15) is 0 Å². The van der Waals surface area contributed by atoms with E-state index in [0.29, 0.717) is 13.0 Å². The quantitative estimate of drug-likeness (QED) is 0.907.